The highest BCUT2D eigenvalue weighted by Crippen LogP contribution is 2.23. The van der Waals surface area contributed by atoms with Crippen LogP contribution < -0.4 is 0 Å². The van der Waals surface area contributed by atoms with Gasteiger partial charge in [0.25, 0.3) is 0 Å². The zero-order valence-electron chi connectivity index (χ0n) is 11.4. The average Bonchev–Trinajstić information content (AvgIpc) is 2.39. The van der Waals surface area contributed by atoms with Crippen molar-refractivity contribution in [2.75, 3.05) is 12.3 Å². The lowest BCUT2D eigenvalue weighted by atomic mass is 10.1. The summed E-state index contributed by atoms with van der Waals surface area (Å²) in [5, 5.41) is 8.67. The Kier molecular flexibility index (Phi) is 6.00. The largest absolute Gasteiger partial charge is 0.228 e. The Bertz CT molecular complexity index is 520. The van der Waals surface area contributed by atoms with Crippen LogP contribution in [0.4, 0.5) is 0 Å². The van der Waals surface area contributed by atoms with E-state index in [9.17, 15) is 8.42 Å². The van der Waals surface area contributed by atoms with Crippen molar-refractivity contribution >= 4 is 10.0 Å². The van der Waals surface area contributed by atoms with Gasteiger partial charge in [-0.3, -0.25) is 0 Å². The summed E-state index contributed by atoms with van der Waals surface area (Å²) in [6, 6.07) is 11.0. The molecule has 5 heteroatoms. The lowest BCUT2D eigenvalue weighted by Crippen LogP contribution is -2.35. The molecular formula is C14H20N2O2S. The van der Waals surface area contributed by atoms with E-state index in [1.54, 1.807) is 6.07 Å². The molecule has 0 amide bonds. The predicted octanol–water partition coefficient (Wildman–Crippen LogP) is 2.70. The van der Waals surface area contributed by atoms with Gasteiger partial charge in [-0.2, -0.15) is 9.57 Å². The molecule has 1 rings (SSSR count). The molecule has 1 atom stereocenters. The third-order valence-corrected chi connectivity index (χ3v) is 4.76. The van der Waals surface area contributed by atoms with E-state index in [-0.39, 0.29) is 6.04 Å². The number of hydrogen-bond acceptors (Lipinski definition) is 3. The number of unbranched alkanes of at least 4 members (excludes halogenated alkanes) is 1. The molecule has 1 aromatic carbocycles. The van der Waals surface area contributed by atoms with Gasteiger partial charge in [-0.1, -0.05) is 43.7 Å². The molecule has 0 fully saturated rings. The highest BCUT2D eigenvalue weighted by Gasteiger charge is 2.27. The fourth-order valence-corrected chi connectivity index (χ4v) is 3.29. The van der Waals surface area contributed by atoms with Gasteiger partial charge in [-0.25, -0.2) is 8.42 Å². The number of nitrogens with zero attached hydrogens (tertiary/aromatic N) is 2. The van der Waals surface area contributed by atoms with Crippen molar-refractivity contribution in [3.05, 3.63) is 35.9 Å². The number of rotatable bonds is 7. The van der Waals surface area contributed by atoms with Crippen LogP contribution in [0.1, 0.15) is 38.3 Å². The van der Waals surface area contributed by atoms with Gasteiger partial charge in [0.15, 0.2) is 5.75 Å². The van der Waals surface area contributed by atoms with Crippen molar-refractivity contribution in [3.63, 3.8) is 0 Å². The first-order chi connectivity index (χ1) is 9.03. The molecule has 1 aromatic rings. The van der Waals surface area contributed by atoms with E-state index in [2.05, 4.69) is 0 Å². The maximum absolute atomic E-state index is 12.2. The third kappa shape index (κ3) is 4.34. The zero-order valence-corrected chi connectivity index (χ0v) is 12.2. The normalized spacial score (nSPS) is 13.2. The molecule has 0 aliphatic rings. The van der Waals surface area contributed by atoms with Crippen LogP contribution in [-0.2, 0) is 10.0 Å². The van der Waals surface area contributed by atoms with Crippen LogP contribution >= 0.6 is 0 Å². The van der Waals surface area contributed by atoms with Crippen LogP contribution in [0.5, 0.6) is 0 Å². The minimum absolute atomic E-state index is 0.244. The summed E-state index contributed by atoms with van der Waals surface area (Å²) in [6.07, 6.45) is 1.71. The fourth-order valence-electron chi connectivity index (χ4n) is 1.95. The second-order valence-corrected chi connectivity index (χ2v) is 6.39. The van der Waals surface area contributed by atoms with E-state index in [0.717, 1.165) is 18.4 Å². The smallest absolute Gasteiger partial charge is 0.211 e. The molecule has 0 saturated carbocycles. The summed E-state index contributed by atoms with van der Waals surface area (Å²) in [7, 11) is -3.52. The molecular weight excluding hydrogens is 260 g/mol. The van der Waals surface area contributed by atoms with Crippen molar-refractivity contribution in [1.82, 2.24) is 4.31 Å². The minimum atomic E-state index is -3.52. The first-order valence-electron chi connectivity index (χ1n) is 6.44. The standard InChI is InChI=1S/C14H20N2O2S/c1-3-4-11-16(19(17,18)12-10-15)13(2)14-8-6-5-7-9-14/h5-9,13H,3-4,11-12H2,1-2H3/t13-/m0/s1. The first kappa shape index (κ1) is 15.7. The van der Waals surface area contributed by atoms with Crippen LogP contribution in [0.2, 0.25) is 0 Å². The summed E-state index contributed by atoms with van der Waals surface area (Å²) < 4.78 is 25.7. The Morgan fingerprint density at radius 1 is 1.32 bits per heavy atom. The van der Waals surface area contributed by atoms with Crippen molar-refractivity contribution in [1.29, 1.82) is 5.26 Å². The van der Waals surface area contributed by atoms with Gasteiger partial charge in [0.2, 0.25) is 10.0 Å². The monoisotopic (exact) mass is 280 g/mol. The van der Waals surface area contributed by atoms with E-state index in [1.165, 1.54) is 4.31 Å². The molecule has 0 spiro atoms. The summed E-state index contributed by atoms with van der Waals surface area (Å²) in [4.78, 5) is 0. The molecule has 0 saturated heterocycles. The third-order valence-electron chi connectivity index (χ3n) is 3.05. The van der Waals surface area contributed by atoms with E-state index in [1.807, 2.05) is 44.2 Å². The van der Waals surface area contributed by atoms with E-state index < -0.39 is 15.8 Å². The number of hydrogen-bond donors (Lipinski definition) is 0. The summed E-state index contributed by atoms with van der Waals surface area (Å²) in [5.41, 5.74) is 0.945. The van der Waals surface area contributed by atoms with Gasteiger partial charge in [-0.05, 0) is 18.9 Å². The number of nitriles is 1. The highest BCUT2D eigenvalue weighted by molar-refractivity contribution is 7.89. The number of benzene rings is 1. The van der Waals surface area contributed by atoms with E-state index in [0.29, 0.717) is 6.54 Å². The Morgan fingerprint density at radius 2 is 1.95 bits per heavy atom. The van der Waals surface area contributed by atoms with Gasteiger partial charge < -0.3 is 0 Å². The first-order valence-corrected chi connectivity index (χ1v) is 8.05. The Labute approximate surface area is 115 Å². The van der Waals surface area contributed by atoms with Gasteiger partial charge in [0.1, 0.15) is 0 Å². The van der Waals surface area contributed by atoms with Crippen LogP contribution in [0, 0.1) is 11.3 Å². The molecule has 0 unspecified atom stereocenters. The molecule has 0 N–H and O–H groups in total. The Morgan fingerprint density at radius 3 is 2.47 bits per heavy atom. The minimum Gasteiger partial charge on any atom is -0.211 e. The van der Waals surface area contributed by atoms with Crippen molar-refractivity contribution in [2.45, 2.75) is 32.7 Å². The maximum Gasteiger partial charge on any atom is 0.228 e. The molecule has 0 heterocycles. The molecule has 4 nitrogen and oxygen atoms in total. The Balaban J connectivity index is 3.01. The topological polar surface area (TPSA) is 61.2 Å². The average molecular weight is 280 g/mol. The highest BCUT2D eigenvalue weighted by atomic mass is 32.2. The SMILES string of the molecule is CCCCN([C@@H](C)c1ccccc1)S(=O)(=O)CC#N. The van der Waals surface area contributed by atoms with Crippen molar-refractivity contribution in [2.24, 2.45) is 0 Å². The second kappa shape index (κ2) is 7.27. The zero-order chi connectivity index (χ0) is 14.3. The lowest BCUT2D eigenvalue weighted by molar-refractivity contribution is 0.338. The van der Waals surface area contributed by atoms with E-state index in [4.69, 9.17) is 5.26 Å². The van der Waals surface area contributed by atoms with Gasteiger partial charge in [0.05, 0.1) is 6.07 Å². The molecule has 0 bridgehead atoms. The summed E-state index contributed by atoms with van der Waals surface area (Å²) in [5.74, 6) is -0.464. The Hall–Kier alpha value is -1.38. The summed E-state index contributed by atoms with van der Waals surface area (Å²) in [6.45, 7) is 4.33. The molecule has 0 aromatic heterocycles. The predicted molar refractivity (Wildman–Crippen MR) is 75.9 cm³/mol. The number of sulfonamides is 1. The molecule has 104 valence electrons. The van der Waals surface area contributed by atoms with Crippen LogP contribution in [0.25, 0.3) is 0 Å². The molecule has 0 aliphatic carbocycles. The molecule has 0 aliphatic heterocycles. The van der Waals surface area contributed by atoms with Gasteiger partial charge >= 0.3 is 0 Å². The second-order valence-electron chi connectivity index (χ2n) is 4.47. The van der Waals surface area contributed by atoms with Crippen molar-refractivity contribution < 1.29 is 8.42 Å². The summed E-state index contributed by atoms with van der Waals surface area (Å²) >= 11 is 0. The van der Waals surface area contributed by atoms with Gasteiger partial charge in [0, 0.05) is 12.6 Å². The lowest BCUT2D eigenvalue weighted by Gasteiger charge is -2.27. The van der Waals surface area contributed by atoms with Crippen molar-refractivity contribution in [3.8, 4) is 6.07 Å². The van der Waals surface area contributed by atoms with Crippen LogP contribution in [0.3, 0.4) is 0 Å². The van der Waals surface area contributed by atoms with Crippen LogP contribution in [-0.4, -0.2) is 25.0 Å². The molecule has 19 heavy (non-hydrogen) atoms. The quantitative estimate of drug-likeness (QED) is 0.771. The molecule has 0 radical (unpaired) electrons. The maximum atomic E-state index is 12.2. The van der Waals surface area contributed by atoms with Gasteiger partial charge in [-0.15, -0.1) is 0 Å². The van der Waals surface area contributed by atoms with Crippen LogP contribution in [0.15, 0.2) is 30.3 Å². The fraction of sp³-hybridized carbons (Fsp3) is 0.500. The van der Waals surface area contributed by atoms with E-state index >= 15 is 0 Å².